The van der Waals surface area contributed by atoms with E-state index in [0.29, 0.717) is 11.5 Å². The summed E-state index contributed by atoms with van der Waals surface area (Å²) in [7, 11) is 0. The van der Waals surface area contributed by atoms with E-state index in [0.717, 1.165) is 12.1 Å². The van der Waals surface area contributed by atoms with Crippen molar-refractivity contribution >= 4 is 5.82 Å². The van der Waals surface area contributed by atoms with Gasteiger partial charge in [-0.05, 0) is 24.3 Å². The minimum absolute atomic E-state index is 0.110. The number of nitrogens with zero attached hydrogens (tertiary/aromatic N) is 3. The molecule has 4 nitrogen and oxygen atoms in total. The molecule has 1 heterocycles. The molecule has 2 rings (SSSR count). The molecule has 0 atom stereocenters. The van der Waals surface area contributed by atoms with Gasteiger partial charge in [0.1, 0.15) is 24.0 Å². The number of nitriles is 1. The summed E-state index contributed by atoms with van der Waals surface area (Å²) in [4.78, 5) is 0. The molecule has 0 aliphatic heterocycles. The van der Waals surface area contributed by atoms with Crippen molar-refractivity contribution in [3.05, 3.63) is 42.0 Å². The van der Waals surface area contributed by atoms with Gasteiger partial charge in [0.05, 0.1) is 11.8 Å². The third-order valence-electron chi connectivity index (χ3n) is 2.22. The molecule has 90 valence electrons. The zero-order valence-corrected chi connectivity index (χ0v) is 9.19. The number of halogens is 2. The molecule has 0 spiro atoms. The smallest absolute Gasteiger partial charge is 0.149 e. The van der Waals surface area contributed by atoms with Crippen LogP contribution in [0.25, 0.3) is 11.3 Å². The topological polar surface area (TPSA) is 61.6 Å². The molecule has 1 N–H and O–H groups in total. The molecule has 0 saturated heterocycles. The SMILES string of the molecule is N#CCNc1ccc(-c2ccc(F)cc2F)nn1. The van der Waals surface area contributed by atoms with Crippen molar-refractivity contribution in [2.45, 2.75) is 0 Å². The molecule has 0 bridgehead atoms. The first-order valence-electron chi connectivity index (χ1n) is 5.10. The zero-order valence-electron chi connectivity index (χ0n) is 9.19. The van der Waals surface area contributed by atoms with Gasteiger partial charge in [-0.1, -0.05) is 0 Å². The highest BCUT2D eigenvalue weighted by atomic mass is 19.1. The van der Waals surface area contributed by atoms with E-state index in [4.69, 9.17) is 5.26 Å². The van der Waals surface area contributed by atoms with Gasteiger partial charge in [0.25, 0.3) is 0 Å². The summed E-state index contributed by atoms with van der Waals surface area (Å²) in [5.74, 6) is -0.915. The van der Waals surface area contributed by atoms with Gasteiger partial charge in [-0.2, -0.15) is 5.26 Å². The Morgan fingerprint density at radius 1 is 1.17 bits per heavy atom. The summed E-state index contributed by atoms with van der Waals surface area (Å²) in [5, 5.41) is 18.7. The van der Waals surface area contributed by atoms with Crippen molar-refractivity contribution in [2.75, 3.05) is 11.9 Å². The van der Waals surface area contributed by atoms with Crippen LogP contribution in [0.3, 0.4) is 0 Å². The minimum Gasteiger partial charge on any atom is -0.356 e. The van der Waals surface area contributed by atoms with Gasteiger partial charge < -0.3 is 5.32 Å². The lowest BCUT2D eigenvalue weighted by Gasteiger charge is -2.03. The van der Waals surface area contributed by atoms with E-state index >= 15 is 0 Å². The van der Waals surface area contributed by atoms with Crippen LogP contribution in [-0.2, 0) is 0 Å². The number of aromatic nitrogens is 2. The lowest BCUT2D eigenvalue weighted by molar-refractivity contribution is 0.585. The summed E-state index contributed by atoms with van der Waals surface area (Å²) in [6.07, 6.45) is 0. The second-order valence-electron chi connectivity index (χ2n) is 3.44. The molecule has 0 fully saturated rings. The molecule has 0 radical (unpaired) electrons. The highest BCUT2D eigenvalue weighted by Gasteiger charge is 2.08. The highest BCUT2D eigenvalue weighted by Crippen LogP contribution is 2.21. The fourth-order valence-corrected chi connectivity index (χ4v) is 1.40. The maximum absolute atomic E-state index is 13.5. The van der Waals surface area contributed by atoms with E-state index in [1.54, 1.807) is 12.1 Å². The fraction of sp³-hybridized carbons (Fsp3) is 0.0833. The Morgan fingerprint density at radius 3 is 2.61 bits per heavy atom. The summed E-state index contributed by atoms with van der Waals surface area (Å²) < 4.78 is 26.2. The van der Waals surface area contributed by atoms with Crippen molar-refractivity contribution in [3.8, 4) is 17.3 Å². The standard InChI is InChI=1S/C12H8F2N4/c13-8-1-2-9(10(14)7-8)11-3-4-12(18-17-11)16-6-5-15/h1-4,7H,6H2,(H,16,18). The summed E-state index contributed by atoms with van der Waals surface area (Å²) in [6.45, 7) is 0.110. The monoisotopic (exact) mass is 246 g/mol. The lowest BCUT2D eigenvalue weighted by atomic mass is 10.1. The van der Waals surface area contributed by atoms with Gasteiger partial charge in [-0.15, -0.1) is 10.2 Å². The van der Waals surface area contributed by atoms with E-state index < -0.39 is 11.6 Å². The zero-order chi connectivity index (χ0) is 13.0. The molecule has 1 aromatic carbocycles. The predicted molar refractivity (Wildman–Crippen MR) is 61.5 cm³/mol. The molecule has 0 amide bonds. The van der Waals surface area contributed by atoms with Crippen LogP contribution in [0.4, 0.5) is 14.6 Å². The van der Waals surface area contributed by atoms with Crippen molar-refractivity contribution in [1.82, 2.24) is 10.2 Å². The first kappa shape index (κ1) is 11.9. The van der Waals surface area contributed by atoms with Gasteiger partial charge >= 0.3 is 0 Å². The number of hydrogen-bond acceptors (Lipinski definition) is 4. The molecule has 6 heteroatoms. The third kappa shape index (κ3) is 2.58. The molecule has 0 aliphatic carbocycles. The van der Waals surface area contributed by atoms with Gasteiger partial charge in [-0.25, -0.2) is 8.78 Å². The Hall–Kier alpha value is -2.55. The Bertz CT molecular complexity index is 590. The van der Waals surface area contributed by atoms with E-state index in [1.807, 2.05) is 6.07 Å². The summed E-state index contributed by atoms with van der Waals surface area (Å²) in [6, 6.07) is 8.26. The van der Waals surface area contributed by atoms with E-state index in [-0.39, 0.29) is 12.1 Å². The van der Waals surface area contributed by atoms with Crippen molar-refractivity contribution < 1.29 is 8.78 Å². The van der Waals surface area contributed by atoms with Gasteiger partial charge in [0, 0.05) is 11.6 Å². The van der Waals surface area contributed by atoms with Crippen LogP contribution in [0.2, 0.25) is 0 Å². The first-order chi connectivity index (χ1) is 8.70. The molecule has 0 unspecified atom stereocenters. The quantitative estimate of drug-likeness (QED) is 0.844. The van der Waals surface area contributed by atoms with E-state index in [2.05, 4.69) is 15.5 Å². The average molecular weight is 246 g/mol. The van der Waals surface area contributed by atoms with Crippen LogP contribution in [-0.4, -0.2) is 16.7 Å². The number of hydrogen-bond donors (Lipinski definition) is 1. The first-order valence-corrected chi connectivity index (χ1v) is 5.10. The highest BCUT2D eigenvalue weighted by molar-refractivity contribution is 5.60. The Labute approximate surface area is 102 Å². The van der Waals surface area contributed by atoms with Crippen LogP contribution in [0.15, 0.2) is 30.3 Å². The van der Waals surface area contributed by atoms with Crippen LogP contribution in [0.1, 0.15) is 0 Å². The van der Waals surface area contributed by atoms with E-state index in [9.17, 15) is 8.78 Å². The van der Waals surface area contributed by atoms with Crippen molar-refractivity contribution in [2.24, 2.45) is 0 Å². The Morgan fingerprint density at radius 2 is 2.00 bits per heavy atom. The number of rotatable bonds is 3. The van der Waals surface area contributed by atoms with Gasteiger partial charge in [0.2, 0.25) is 0 Å². The van der Waals surface area contributed by atoms with Gasteiger partial charge in [-0.3, -0.25) is 0 Å². The summed E-state index contributed by atoms with van der Waals surface area (Å²) in [5.41, 5.74) is 0.478. The molecular formula is C12H8F2N4. The molecule has 1 aromatic heterocycles. The minimum atomic E-state index is -0.693. The Kier molecular flexibility index (Phi) is 3.44. The van der Waals surface area contributed by atoms with Crippen LogP contribution < -0.4 is 5.32 Å². The Balaban J connectivity index is 2.26. The maximum atomic E-state index is 13.5. The molecule has 0 saturated carbocycles. The fourth-order valence-electron chi connectivity index (χ4n) is 1.40. The maximum Gasteiger partial charge on any atom is 0.149 e. The molecule has 18 heavy (non-hydrogen) atoms. The third-order valence-corrected chi connectivity index (χ3v) is 2.22. The predicted octanol–water partition coefficient (Wildman–Crippen LogP) is 2.36. The van der Waals surface area contributed by atoms with Crippen LogP contribution >= 0.6 is 0 Å². The molecule has 0 aliphatic rings. The van der Waals surface area contributed by atoms with Gasteiger partial charge in [0.15, 0.2) is 0 Å². The molecular weight excluding hydrogens is 238 g/mol. The average Bonchev–Trinajstić information content (AvgIpc) is 2.37. The number of benzene rings is 1. The van der Waals surface area contributed by atoms with Crippen molar-refractivity contribution in [3.63, 3.8) is 0 Å². The summed E-state index contributed by atoms with van der Waals surface area (Å²) >= 11 is 0. The second-order valence-corrected chi connectivity index (χ2v) is 3.44. The number of anilines is 1. The van der Waals surface area contributed by atoms with Crippen LogP contribution in [0.5, 0.6) is 0 Å². The normalized spacial score (nSPS) is 9.83. The second kappa shape index (κ2) is 5.19. The number of nitrogens with one attached hydrogen (secondary N) is 1. The molecule has 2 aromatic rings. The van der Waals surface area contributed by atoms with Crippen molar-refractivity contribution in [1.29, 1.82) is 5.26 Å². The van der Waals surface area contributed by atoms with Crippen LogP contribution in [0, 0.1) is 23.0 Å². The van der Waals surface area contributed by atoms with E-state index in [1.165, 1.54) is 6.07 Å². The largest absolute Gasteiger partial charge is 0.356 e. The lowest BCUT2D eigenvalue weighted by Crippen LogP contribution is -2.02.